The molecule has 3 aromatic rings. The first kappa shape index (κ1) is 27.3. The zero-order valence-electron chi connectivity index (χ0n) is 22.4. The molecule has 41 heavy (non-hydrogen) atoms. The maximum Gasteiger partial charge on any atom is 0.289 e. The van der Waals surface area contributed by atoms with Crippen LogP contribution in [-0.4, -0.2) is 62.8 Å². The van der Waals surface area contributed by atoms with Crippen LogP contribution >= 0.6 is 11.6 Å². The fourth-order valence-corrected chi connectivity index (χ4v) is 6.52. The van der Waals surface area contributed by atoms with Crippen LogP contribution in [0.3, 0.4) is 0 Å². The quantitative estimate of drug-likeness (QED) is 0.471. The monoisotopic (exact) mass is 582 g/mol. The lowest BCUT2D eigenvalue weighted by molar-refractivity contribution is -0.128. The lowest BCUT2D eigenvalue weighted by Crippen LogP contribution is -2.65. The highest BCUT2D eigenvalue weighted by molar-refractivity contribution is 6.30. The standard InChI is InChI=1S/C29H29ClF2N6O3/c1-36-11-10-33-25(36)27(40)37-15-29(16-37)21-4-2-3-5-22(21)38(28(29)41)14-17-6-8-19(9-7-17)35-26(39)20-12-18(30)13-34-23(20)24(31)32/h2-5,10-13,17,19,24H,6-9,14-16H2,1H3,(H,35,39)/t17-,19-. The van der Waals surface area contributed by atoms with Crippen LogP contribution in [0.4, 0.5) is 14.5 Å². The van der Waals surface area contributed by atoms with Gasteiger partial charge in [-0.15, -0.1) is 0 Å². The summed E-state index contributed by atoms with van der Waals surface area (Å²) in [6.45, 7) is 1.16. The number of amides is 3. The molecule has 1 saturated carbocycles. The van der Waals surface area contributed by atoms with Gasteiger partial charge in [-0.05, 0) is 49.3 Å². The van der Waals surface area contributed by atoms with E-state index in [1.807, 2.05) is 29.2 Å². The Kier molecular flexibility index (Phi) is 7.01. The third kappa shape index (κ3) is 4.75. The highest BCUT2D eigenvalue weighted by Crippen LogP contribution is 2.48. The second-order valence-electron chi connectivity index (χ2n) is 11.1. The van der Waals surface area contributed by atoms with Gasteiger partial charge in [0.1, 0.15) is 11.1 Å². The van der Waals surface area contributed by atoms with Gasteiger partial charge in [0, 0.05) is 57.0 Å². The summed E-state index contributed by atoms with van der Waals surface area (Å²) < 4.78 is 28.4. The fourth-order valence-electron chi connectivity index (χ4n) is 6.36. The number of alkyl halides is 2. The number of aromatic nitrogens is 3. The molecule has 214 valence electrons. The topological polar surface area (TPSA) is 100 Å². The smallest absolute Gasteiger partial charge is 0.289 e. The molecule has 1 saturated heterocycles. The van der Waals surface area contributed by atoms with Crippen LogP contribution in [0.2, 0.25) is 5.02 Å². The molecule has 2 fully saturated rings. The SMILES string of the molecule is Cn1ccnc1C(=O)N1CC2(C1)C(=O)N(C[C@H]1CC[C@H](NC(=O)c3cc(Cl)cnc3C(F)F)CC1)c1ccccc12. The van der Waals surface area contributed by atoms with Gasteiger partial charge in [0.05, 0.1) is 10.6 Å². The van der Waals surface area contributed by atoms with E-state index in [1.165, 1.54) is 6.07 Å². The number of anilines is 1. The van der Waals surface area contributed by atoms with Crippen LogP contribution in [-0.2, 0) is 17.3 Å². The number of imidazole rings is 1. The van der Waals surface area contributed by atoms with Crippen molar-refractivity contribution in [2.24, 2.45) is 13.0 Å². The van der Waals surface area contributed by atoms with E-state index in [0.29, 0.717) is 38.3 Å². The van der Waals surface area contributed by atoms with Crippen molar-refractivity contribution in [1.29, 1.82) is 0 Å². The molecule has 9 nitrogen and oxygen atoms in total. The van der Waals surface area contributed by atoms with Gasteiger partial charge >= 0.3 is 0 Å². The third-order valence-electron chi connectivity index (χ3n) is 8.55. The van der Waals surface area contributed by atoms with Crippen molar-refractivity contribution >= 4 is 35.0 Å². The van der Waals surface area contributed by atoms with Crippen LogP contribution in [0.5, 0.6) is 0 Å². The summed E-state index contributed by atoms with van der Waals surface area (Å²) in [4.78, 5) is 50.9. The number of pyridine rings is 1. The van der Waals surface area contributed by atoms with Gasteiger partial charge in [-0.25, -0.2) is 13.8 Å². The minimum atomic E-state index is -2.89. The second kappa shape index (κ2) is 10.5. The summed E-state index contributed by atoms with van der Waals surface area (Å²) in [6, 6.07) is 8.81. The van der Waals surface area contributed by atoms with Gasteiger partial charge in [0.25, 0.3) is 18.2 Å². The van der Waals surface area contributed by atoms with Gasteiger partial charge in [-0.3, -0.25) is 19.4 Å². The molecule has 12 heteroatoms. The van der Waals surface area contributed by atoms with Crippen molar-refractivity contribution in [3.8, 4) is 0 Å². The van der Waals surface area contributed by atoms with Crippen molar-refractivity contribution in [2.45, 2.75) is 43.6 Å². The summed E-state index contributed by atoms with van der Waals surface area (Å²) >= 11 is 5.90. The highest BCUT2D eigenvalue weighted by Gasteiger charge is 2.59. The first-order valence-corrected chi connectivity index (χ1v) is 14.0. The maximum atomic E-state index is 13.9. The van der Waals surface area contributed by atoms with Crippen molar-refractivity contribution in [3.05, 3.63) is 76.6 Å². The van der Waals surface area contributed by atoms with Crippen molar-refractivity contribution < 1.29 is 23.2 Å². The van der Waals surface area contributed by atoms with Crippen molar-refractivity contribution in [1.82, 2.24) is 24.8 Å². The molecule has 3 aliphatic rings. The molecule has 2 aromatic heterocycles. The Morgan fingerprint density at radius 3 is 2.56 bits per heavy atom. The fraction of sp³-hybridized carbons (Fsp3) is 0.414. The number of nitrogens with one attached hydrogen (secondary N) is 1. The summed E-state index contributed by atoms with van der Waals surface area (Å²) in [5.41, 5.74) is 0.271. The third-order valence-corrected chi connectivity index (χ3v) is 8.75. The number of para-hydroxylation sites is 1. The van der Waals surface area contributed by atoms with Crippen LogP contribution < -0.4 is 10.2 Å². The minimum absolute atomic E-state index is 0.00556. The highest BCUT2D eigenvalue weighted by atomic mass is 35.5. The Labute approximate surface area is 240 Å². The summed E-state index contributed by atoms with van der Waals surface area (Å²) in [5.74, 6) is -0.243. The van der Waals surface area contributed by atoms with Gasteiger partial charge in [0.2, 0.25) is 5.91 Å². The van der Waals surface area contributed by atoms with Gasteiger partial charge in [0.15, 0.2) is 5.82 Å². The predicted molar refractivity (Wildman–Crippen MR) is 147 cm³/mol. The molecule has 0 radical (unpaired) electrons. The molecule has 1 aliphatic carbocycles. The molecule has 1 spiro atoms. The zero-order valence-corrected chi connectivity index (χ0v) is 23.2. The predicted octanol–water partition coefficient (Wildman–Crippen LogP) is 4.14. The van der Waals surface area contributed by atoms with E-state index in [2.05, 4.69) is 15.3 Å². The number of hydrogen-bond acceptors (Lipinski definition) is 5. The lowest BCUT2D eigenvalue weighted by Gasteiger charge is -2.46. The van der Waals surface area contributed by atoms with Gasteiger partial charge in [-0.2, -0.15) is 0 Å². The molecule has 1 N–H and O–H groups in total. The molecule has 0 unspecified atom stereocenters. The Morgan fingerprint density at radius 2 is 1.88 bits per heavy atom. The molecular weight excluding hydrogens is 554 g/mol. The number of nitrogens with zero attached hydrogens (tertiary/aromatic N) is 5. The Bertz CT molecular complexity index is 1510. The normalized spacial score (nSPS) is 21.2. The van der Waals surface area contributed by atoms with Crippen LogP contribution in [0.15, 0.2) is 48.9 Å². The molecule has 0 atom stereocenters. The largest absolute Gasteiger partial charge is 0.349 e. The molecule has 4 heterocycles. The van der Waals surface area contributed by atoms with E-state index in [0.717, 1.165) is 30.3 Å². The number of carbonyl (C=O) groups excluding carboxylic acids is 3. The maximum absolute atomic E-state index is 13.9. The molecule has 1 aromatic carbocycles. The van der Waals surface area contributed by atoms with Crippen molar-refractivity contribution in [3.63, 3.8) is 0 Å². The van der Waals surface area contributed by atoms with Crippen LogP contribution in [0.25, 0.3) is 0 Å². The number of halogens is 3. The van der Waals surface area contributed by atoms with E-state index in [1.54, 1.807) is 28.9 Å². The number of hydrogen-bond donors (Lipinski definition) is 1. The second-order valence-corrected chi connectivity index (χ2v) is 11.6. The number of likely N-dealkylation sites (tertiary alicyclic amines) is 1. The lowest BCUT2D eigenvalue weighted by atomic mass is 9.74. The summed E-state index contributed by atoms with van der Waals surface area (Å²) in [7, 11) is 1.77. The molecule has 3 amide bonds. The van der Waals surface area contributed by atoms with E-state index in [-0.39, 0.29) is 34.4 Å². The van der Waals surface area contributed by atoms with Gasteiger partial charge < -0.3 is 19.7 Å². The number of aryl methyl sites for hydroxylation is 1. The van der Waals surface area contributed by atoms with E-state index in [4.69, 9.17) is 11.6 Å². The first-order chi connectivity index (χ1) is 19.7. The number of carbonyl (C=O) groups is 3. The van der Waals surface area contributed by atoms with E-state index in [9.17, 15) is 23.2 Å². The average molecular weight is 583 g/mol. The van der Waals surface area contributed by atoms with Crippen molar-refractivity contribution in [2.75, 3.05) is 24.5 Å². The molecule has 0 bridgehead atoms. The number of rotatable bonds is 6. The van der Waals surface area contributed by atoms with Gasteiger partial charge in [-0.1, -0.05) is 29.8 Å². The molecular formula is C29H29ClF2N6O3. The Hall–Kier alpha value is -3.86. The Balaban J connectivity index is 1.09. The minimum Gasteiger partial charge on any atom is -0.349 e. The first-order valence-electron chi connectivity index (χ1n) is 13.6. The van der Waals surface area contributed by atoms with E-state index >= 15 is 0 Å². The molecule has 6 rings (SSSR count). The van der Waals surface area contributed by atoms with Crippen LogP contribution in [0, 0.1) is 5.92 Å². The summed E-state index contributed by atoms with van der Waals surface area (Å²) in [6.07, 6.45) is 4.37. The Morgan fingerprint density at radius 1 is 1.15 bits per heavy atom. The molecule has 2 aliphatic heterocycles. The number of fused-ring (bicyclic) bond motifs is 2. The zero-order chi connectivity index (χ0) is 28.9. The average Bonchev–Trinajstić information content (AvgIpc) is 3.47. The summed E-state index contributed by atoms with van der Waals surface area (Å²) in [5, 5.41) is 2.98. The number of benzene rings is 1. The van der Waals surface area contributed by atoms with E-state index < -0.39 is 23.4 Å². The van der Waals surface area contributed by atoms with Crippen LogP contribution in [0.1, 0.15) is 64.3 Å².